The molecule has 2 atom stereocenters. The summed E-state index contributed by atoms with van der Waals surface area (Å²) in [6, 6.07) is 13.5. The maximum absolute atomic E-state index is 12.9. The van der Waals surface area contributed by atoms with E-state index in [1.54, 1.807) is 23.9 Å². The summed E-state index contributed by atoms with van der Waals surface area (Å²) in [5, 5.41) is 16.1. The number of likely N-dealkylation sites (tertiary alicyclic amines) is 1. The number of nitrogens with one attached hydrogen (secondary N) is 2. The van der Waals surface area contributed by atoms with Crippen LogP contribution in [0, 0.1) is 11.8 Å². The predicted molar refractivity (Wildman–Crippen MR) is 173 cm³/mol. The zero-order chi connectivity index (χ0) is 30.2. The van der Waals surface area contributed by atoms with Gasteiger partial charge in [-0.15, -0.1) is 11.8 Å². The number of carboxylic acid groups (broad SMARTS) is 1. The number of halogens is 1. The average Bonchev–Trinajstić information content (AvgIpc) is 3.57. The van der Waals surface area contributed by atoms with Gasteiger partial charge in [0.1, 0.15) is 6.04 Å². The van der Waals surface area contributed by atoms with Crippen molar-refractivity contribution in [3.63, 3.8) is 0 Å². The van der Waals surface area contributed by atoms with Crippen LogP contribution in [-0.2, 0) is 16.0 Å². The standard InChI is InChI=1S/C33H43ClN4O4S/c34-27-20-26(31(39)36-28(33(41)42)19-25-5-2-1-3-6-25)9-10-30(27)37-15-11-23(12-16-37)7-4-8-24-13-17-38(18-14-24)32(40)29-21-43-22-35-29/h1-3,5-6,9-10,20,23-24,28-29,35H,4,7-8,11-19,21-22H2,(H,36,39)(H,41,42). The Labute approximate surface area is 263 Å². The van der Waals surface area contributed by atoms with E-state index in [2.05, 4.69) is 20.4 Å². The SMILES string of the molecule is O=C(NC(Cc1ccccc1)C(=O)O)c1ccc(N2CCC(CCCC3CCN(C(=O)C4CSCN4)CC3)CC2)c(Cl)c1. The molecule has 2 aromatic carbocycles. The van der Waals surface area contributed by atoms with Crippen molar-refractivity contribution in [3.05, 3.63) is 64.7 Å². The van der Waals surface area contributed by atoms with Crippen LogP contribution in [0.4, 0.5) is 5.69 Å². The van der Waals surface area contributed by atoms with Gasteiger partial charge in [-0.1, -0.05) is 61.2 Å². The van der Waals surface area contributed by atoms with Crippen LogP contribution in [0.2, 0.25) is 5.02 Å². The molecule has 0 aromatic heterocycles. The largest absolute Gasteiger partial charge is 0.480 e. The first-order valence-corrected chi connectivity index (χ1v) is 17.1. The first-order chi connectivity index (χ1) is 20.9. The fourth-order valence-electron chi connectivity index (χ4n) is 6.57. The first kappa shape index (κ1) is 31.7. The minimum atomic E-state index is -1.07. The molecule has 2 unspecified atom stereocenters. The van der Waals surface area contributed by atoms with Gasteiger partial charge in [0.2, 0.25) is 5.91 Å². The smallest absolute Gasteiger partial charge is 0.326 e. The number of carboxylic acids is 1. The van der Waals surface area contributed by atoms with Crippen molar-refractivity contribution < 1.29 is 19.5 Å². The molecule has 2 amide bonds. The van der Waals surface area contributed by atoms with Gasteiger partial charge in [-0.25, -0.2) is 4.79 Å². The van der Waals surface area contributed by atoms with Crippen LogP contribution in [0.25, 0.3) is 0 Å². The highest BCUT2D eigenvalue weighted by Gasteiger charge is 2.30. The van der Waals surface area contributed by atoms with E-state index in [9.17, 15) is 19.5 Å². The van der Waals surface area contributed by atoms with Gasteiger partial charge in [-0.3, -0.25) is 14.9 Å². The maximum Gasteiger partial charge on any atom is 0.326 e. The summed E-state index contributed by atoms with van der Waals surface area (Å²) in [7, 11) is 0. The molecule has 0 spiro atoms. The number of hydrogen-bond donors (Lipinski definition) is 3. The molecule has 0 saturated carbocycles. The lowest BCUT2D eigenvalue weighted by Crippen LogP contribution is -2.48. The van der Waals surface area contributed by atoms with Crippen LogP contribution in [0.15, 0.2) is 48.5 Å². The highest BCUT2D eigenvalue weighted by molar-refractivity contribution is 7.99. The van der Waals surface area contributed by atoms with Gasteiger partial charge in [0.15, 0.2) is 0 Å². The fraction of sp³-hybridized carbons (Fsp3) is 0.545. The Hall–Kier alpha value is -2.75. The van der Waals surface area contributed by atoms with E-state index in [-0.39, 0.29) is 12.5 Å². The van der Waals surface area contributed by atoms with Crippen LogP contribution in [0.1, 0.15) is 60.9 Å². The third-order valence-electron chi connectivity index (χ3n) is 9.22. The normalized spacial score (nSPS) is 20.6. The Balaban J connectivity index is 1.03. The number of piperidine rings is 2. The lowest BCUT2D eigenvalue weighted by Gasteiger charge is -2.35. The van der Waals surface area contributed by atoms with E-state index in [1.807, 2.05) is 36.4 Å². The summed E-state index contributed by atoms with van der Waals surface area (Å²) in [5.41, 5.74) is 2.12. The number of rotatable bonds is 11. The van der Waals surface area contributed by atoms with Gasteiger partial charge < -0.3 is 20.2 Å². The molecule has 3 heterocycles. The number of carbonyl (C=O) groups is 3. The van der Waals surface area contributed by atoms with Crippen LogP contribution < -0.4 is 15.5 Å². The van der Waals surface area contributed by atoms with Crippen molar-refractivity contribution in [2.24, 2.45) is 11.8 Å². The molecular weight excluding hydrogens is 584 g/mol. The Morgan fingerprint density at radius 2 is 1.65 bits per heavy atom. The Bertz CT molecular complexity index is 1240. The van der Waals surface area contributed by atoms with Gasteiger partial charge in [0, 0.05) is 49.8 Å². The third kappa shape index (κ3) is 8.67. The zero-order valence-corrected chi connectivity index (χ0v) is 26.3. The topological polar surface area (TPSA) is 102 Å². The Morgan fingerprint density at radius 1 is 0.977 bits per heavy atom. The quantitative estimate of drug-likeness (QED) is 0.321. The summed E-state index contributed by atoms with van der Waals surface area (Å²) in [4.78, 5) is 41.7. The average molecular weight is 627 g/mol. The monoisotopic (exact) mass is 626 g/mol. The fourth-order valence-corrected chi connectivity index (χ4v) is 7.80. The van der Waals surface area contributed by atoms with Gasteiger partial charge in [-0.05, 0) is 61.3 Å². The molecule has 10 heteroatoms. The molecule has 0 bridgehead atoms. The molecule has 3 saturated heterocycles. The van der Waals surface area contributed by atoms with Crippen molar-refractivity contribution in [1.82, 2.24) is 15.5 Å². The second kappa shape index (κ2) is 15.3. The third-order valence-corrected chi connectivity index (χ3v) is 10.5. The van der Waals surface area contributed by atoms with Crippen LogP contribution >= 0.6 is 23.4 Å². The Morgan fingerprint density at radius 3 is 2.26 bits per heavy atom. The molecule has 3 fully saturated rings. The number of thioether (sulfide) groups is 1. The van der Waals surface area contributed by atoms with Gasteiger partial charge >= 0.3 is 5.97 Å². The summed E-state index contributed by atoms with van der Waals surface area (Å²) < 4.78 is 0. The number of anilines is 1. The van der Waals surface area contributed by atoms with Gasteiger partial charge in [0.05, 0.1) is 16.8 Å². The van der Waals surface area contributed by atoms with E-state index >= 15 is 0 Å². The van der Waals surface area contributed by atoms with E-state index in [0.29, 0.717) is 22.4 Å². The molecule has 3 N–H and O–H groups in total. The van der Waals surface area contributed by atoms with E-state index in [1.165, 1.54) is 19.3 Å². The molecule has 3 aliphatic heterocycles. The van der Waals surface area contributed by atoms with Crippen LogP contribution in [-0.4, -0.2) is 77.7 Å². The van der Waals surface area contributed by atoms with Crippen molar-refractivity contribution in [1.29, 1.82) is 0 Å². The molecule has 0 aliphatic carbocycles. The Kier molecular flexibility index (Phi) is 11.3. The summed E-state index contributed by atoms with van der Waals surface area (Å²) in [6.45, 7) is 3.67. The molecule has 2 aromatic rings. The van der Waals surface area contributed by atoms with E-state index in [4.69, 9.17) is 11.6 Å². The first-order valence-electron chi connectivity index (χ1n) is 15.6. The molecule has 3 aliphatic rings. The summed E-state index contributed by atoms with van der Waals surface area (Å²) in [6.07, 6.45) is 8.45. The number of carbonyl (C=O) groups excluding carboxylic acids is 2. The molecule has 0 radical (unpaired) electrons. The van der Waals surface area contributed by atoms with Crippen molar-refractivity contribution in [3.8, 4) is 0 Å². The van der Waals surface area contributed by atoms with Crippen LogP contribution in [0.5, 0.6) is 0 Å². The number of nitrogens with zero attached hydrogens (tertiary/aromatic N) is 2. The molecule has 43 heavy (non-hydrogen) atoms. The van der Waals surface area contributed by atoms with Crippen LogP contribution in [0.3, 0.4) is 0 Å². The van der Waals surface area contributed by atoms with Crippen molar-refractivity contribution in [2.75, 3.05) is 42.7 Å². The summed E-state index contributed by atoms with van der Waals surface area (Å²) in [5.74, 6) is 2.00. The number of amides is 2. The number of hydrogen-bond acceptors (Lipinski definition) is 6. The molecule has 232 valence electrons. The highest BCUT2D eigenvalue weighted by atomic mass is 35.5. The number of aliphatic carboxylic acids is 1. The second-order valence-corrected chi connectivity index (χ2v) is 13.6. The van der Waals surface area contributed by atoms with E-state index in [0.717, 1.165) is 80.7 Å². The minimum absolute atomic E-state index is 0.0153. The zero-order valence-electron chi connectivity index (χ0n) is 24.7. The maximum atomic E-state index is 12.9. The highest BCUT2D eigenvalue weighted by Crippen LogP contribution is 2.33. The molecule has 8 nitrogen and oxygen atoms in total. The predicted octanol–water partition coefficient (Wildman–Crippen LogP) is 5.05. The van der Waals surface area contributed by atoms with E-state index < -0.39 is 17.9 Å². The molecular formula is C33H43ClN4O4S. The lowest BCUT2D eigenvalue weighted by atomic mass is 9.86. The van der Waals surface area contributed by atoms with Gasteiger partial charge in [-0.2, -0.15) is 0 Å². The minimum Gasteiger partial charge on any atom is -0.480 e. The lowest BCUT2D eigenvalue weighted by molar-refractivity contribution is -0.139. The van der Waals surface area contributed by atoms with Crippen molar-refractivity contribution >= 4 is 46.8 Å². The summed E-state index contributed by atoms with van der Waals surface area (Å²) >= 11 is 8.45. The second-order valence-electron chi connectivity index (χ2n) is 12.1. The molecule has 5 rings (SSSR count). The van der Waals surface area contributed by atoms with Gasteiger partial charge in [0.25, 0.3) is 5.91 Å². The number of benzene rings is 2. The van der Waals surface area contributed by atoms with Crippen molar-refractivity contribution in [2.45, 2.75) is 63.5 Å².